The van der Waals surface area contributed by atoms with Crippen molar-refractivity contribution in [1.82, 2.24) is 0 Å². The largest absolute Gasteiger partial charge is 0.397 e. The Hall–Kier alpha value is -1.94. The van der Waals surface area contributed by atoms with Crippen LogP contribution in [0.15, 0.2) is 30.3 Å². The van der Waals surface area contributed by atoms with Crippen molar-refractivity contribution < 1.29 is 4.39 Å². The van der Waals surface area contributed by atoms with E-state index >= 15 is 0 Å². The molecule has 0 aromatic heterocycles. The van der Waals surface area contributed by atoms with Crippen LogP contribution in [0.5, 0.6) is 0 Å². The molecule has 0 atom stereocenters. The molecule has 3 nitrogen and oxygen atoms in total. The van der Waals surface area contributed by atoms with Gasteiger partial charge in [0.05, 0.1) is 11.4 Å². The van der Waals surface area contributed by atoms with Crippen molar-refractivity contribution in [3.05, 3.63) is 46.7 Å². The number of nitrogens with zero attached hydrogens (tertiary/aromatic N) is 1. The maximum absolute atomic E-state index is 14.3. The summed E-state index contributed by atoms with van der Waals surface area (Å²) in [4.78, 5) is 1.66. The third kappa shape index (κ3) is 2.51. The fourth-order valence-corrected chi connectivity index (χ4v) is 2.23. The van der Waals surface area contributed by atoms with Gasteiger partial charge in [-0.25, -0.2) is 4.39 Å². The summed E-state index contributed by atoms with van der Waals surface area (Å²) in [7, 11) is 1.74. The molecule has 20 heavy (non-hydrogen) atoms. The molecule has 0 spiro atoms. The predicted molar refractivity (Wildman–Crippen MR) is 84.1 cm³/mol. The minimum atomic E-state index is -0.605. The first-order chi connectivity index (χ1) is 9.45. The van der Waals surface area contributed by atoms with Gasteiger partial charge in [0.1, 0.15) is 10.7 Å². The standard InChI is InChI=1S/C15H17ClFN3/c1-3-9-4-6-10(7-5-9)20(2)15-12(19)8-11(18)13(16)14(15)17/h4-8H,3,18-19H2,1-2H3. The van der Waals surface area contributed by atoms with Gasteiger partial charge in [-0.15, -0.1) is 0 Å². The lowest BCUT2D eigenvalue weighted by Gasteiger charge is -2.23. The summed E-state index contributed by atoms with van der Waals surface area (Å²) in [6, 6.07) is 9.30. The van der Waals surface area contributed by atoms with Crippen LogP contribution in [-0.4, -0.2) is 7.05 Å². The van der Waals surface area contributed by atoms with Crippen molar-refractivity contribution in [2.75, 3.05) is 23.4 Å². The second-order valence-corrected chi connectivity index (χ2v) is 4.99. The van der Waals surface area contributed by atoms with Gasteiger partial charge in [0.15, 0.2) is 5.82 Å². The van der Waals surface area contributed by atoms with E-state index in [1.807, 2.05) is 24.3 Å². The molecule has 5 heteroatoms. The molecule has 2 aromatic rings. The van der Waals surface area contributed by atoms with Crippen molar-refractivity contribution in [3.63, 3.8) is 0 Å². The van der Waals surface area contributed by atoms with Crippen LogP contribution < -0.4 is 16.4 Å². The van der Waals surface area contributed by atoms with E-state index < -0.39 is 5.82 Å². The molecule has 0 unspecified atom stereocenters. The maximum atomic E-state index is 14.3. The fraction of sp³-hybridized carbons (Fsp3) is 0.200. The Morgan fingerprint density at radius 3 is 2.30 bits per heavy atom. The topological polar surface area (TPSA) is 55.3 Å². The Morgan fingerprint density at radius 1 is 1.15 bits per heavy atom. The van der Waals surface area contributed by atoms with E-state index in [1.165, 1.54) is 11.6 Å². The second-order valence-electron chi connectivity index (χ2n) is 4.61. The molecule has 0 aliphatic rings. The molecular weight excluding hydrogens is 277 g/mol. The number of benzene rings is 2. The summed E-state index contributed by atoms with van der Waals surface area (Å²) in [5.41, 5.74) is 14.1. The summed E-state index contributed by atoms with van der Waals surface area (Å²) in [6.07, 6.45) is 0.953. The minimum Gasteiger partial charge on any atom is -0.397 e. The third-order valence-electron chi connectivity index (χ3n) is 3.31. The highest BCUT2D eigenvalue weighted by atomic mass is 35.5. The molecule has 0 saturated carbocycles. The molecule has 2 aromatic carbocycles. The molecule has 0 amide bonds. The molecule has 4 N–H and O–H groups in total. The van der Waals surface area contributed by atoms with Gasteiger partial charge >= 0.3 is 0 Å². The molecule has 0 saturated heterocycles. The number of anilines is 4. The van der Waals surface area contributed by atoms with Crippen molar-refractivity contribution in [1.29, 1.82) is 0 Å². The Bertz CT molecular complexity index is 626. The van der Waals surface area contributed by atoms with Crippen LogP contribution in [0.25, 0.3) is 0 Å². The zero-order valence-electron chi connectivity index (χ0n) is 11.5. The smallest absolute Gasteiger partial charge is 0.169 e. The molecule has 2 rings (SSSR count). The van der Waals surface area contributed by atoms with E-state index in [0.29, 0.717) is 0 Å². The van der Waals surface area contributed by atoms with Crippen LogP contribution in [-0.2, 0) is 6.42 Å². The average Bonchev–Trinajstić information content (AvgIpc) is 2.45. The predicted octanol–water partition coefficient (Wildman–Crippen LogP) is 3.97. The number of nitrogens with two attached hydrogens (primary N) is 2. The molecule has 0 radical (unpaired) electrons. The SMILES string of the molecule is CCc1ccc(N(C)c2c(N)cc(N)c(Cl)c2F)cc1. The van der Waals surface area contributed by atoms with E-state index in [4.69, 9.17) is 23.1 Å². The summed E-state index contributed by atoms with van der Waals surface area (Å²) in [6.45, 7) is 2.08. The Morgan fingerprint density at radius 2 is 1.75 bits per heavy atom. The highest BCUT2D eigenvalue weighted by molar-refractivity contribution is 6.33. The van der Waals surface area contributed by atoms with Gasteiger partial charge in [0.2, 0.25) is 0 Å². The maximum Gasteiger partial charge on any atom is 0.169 e. The number of hydrogen-bond donors (Lipinski definition) is 2. The Kier molecular flexibility index (Phi) is 4.04. The molecule has 0 fully saturated rings. The van der Waals surface area contributed by atoms with Crippen LogP contribution in [0.1, 0.15) is 12.5 Å². The van der Waals surface area contributed by atoms with E-state index in [2.05, 4.69) is 6.92 Å². The van der Waals surface area contributed by atoms with Gasteiger partial charge in [0, 0.05) is 12.7 Å². The van der Waals surface area contributed by atoms with E-state index in [1.54, 1.807) is 11.9 Å². The number of hydrogen-bond acceptors (Lipinski definition) is 3. The highest BCUT2D eigenvalue weighted by Crippen LogP contribution is 2.38. The minimum absolute atomic E-state index is 0.105. The van der Waals surface area contributed by atoms with Gasteiger partial charge < -0.3 is 16.4 Å². The van der Waals surface area contributed by atoms with Gasteiger partial charge in [-0.3, -0.25) is 0 Å². The van der Waals surface area contributed by atoms with E-state index in [9.17, 15) is 4.39 Å². The molecule has 106 valence electrons. The number of nitrogen functional groups attached to an aromatic ring is 2. The molecule has 0 aliphatic carbocycles. The van der Waals surface area contributed by atoms with Crippen LogP contribution in [0.4, 0.5) is 27.1 Å². The van der Waals surface area contributed by atoms with Crippen LogP contribution in [0.3, 0.4) is 0 Å². The Labute approximate surface area is 122 Å². The summed E-state index contributed by atoms with van der Waals surface area (Å²) >= 11 is 5.85. The van der Waals surface area contributed by atoms with E-state index in [-0.39, 0.29) is 22.1 Å². The summed E-state index contributed by atoms with van der Waals surface area (Å²) < 4.78 is 14.3. The Balaban J connectivity index is 2.47. The monoisotopic (exact) mass is 293 g/mol. The quantitative estimate of drug-likeness (QED) is 0.842. The van der Waals surface area contributed by atoms with Crippen molar-refractivity contribution in [3.8, 4) is 0 Å². The molecular formula is C15H17ClFN3. The van der Waals surface area contributed by atoms with Crippen molar-refractivity contribution >= 4 is 34.4 Å². The number of rotatable bonds is 3. The second kappa shape index (κ2) is 5.59. The highest BCUT2D eigenvalue weighted by Gasteiger charge is 2.18. The number of halogens is 2. The third-order valence-corrected chi connectivity index (χ3v) is 3.69. The fourth-order valence-electron chi connectivity index (χ4n) is 2.08. The van der Waals surface area contributed by atoms with E-state index in [0.717, 1.165) is 12.1 Å². The summed E-state index contributed by atoms with van der Waals surface area (Å²) in [5.74, 6) is -0.605. The zero-order chi connectivity index (χ0) is 14.9. The van der Waals surface area contributed by atoms with Crippen molar-refractivity contribution in [2.24, 2.45) is 0 Å². The van der Waals surface area contributed by atoms with Gasteiger partial charge in [-0.1, -0.05) is 30.7 Å². The van der Waals surface area contributed by atoms with Crippen molar-refractivity contribution in [2.45, 2.75) is 13.3 Å². The first-order valence-electron chi connectivity index (χ1n) is 6.31. The van der Waals surface area contributed by atoms with Crippen LogP contribution >= 0.6 is 11.6 Å². The molecule has 0 heterocycles. The normalized spacial score (nSPS) is 10.6. The van der Waals surface area contributed by atoms with Crippen LogP contribution in [0.2, 0.25) is 5.02 Å². The van der Waals surface area contributed by atoms with Gasteiger partial charge in [-0.2, -0.15) is 0 Å². The van der Waals surface area contributed by atoms with Gasteiger partial charge in [-0.05, 0) is 30.2 Å². The van der Waals surface area contributed by atoms with Crippen LogP contribution in [0, 0.1) is 5.82 Å². The first-order valence-corrected chi connectivity index (χ1v) is 6.69. The average molecular weight is 294 g/mol. The summed E-state index contributed by atoms with van der Waals surface area (Å²) in [5, 5.41) is -0.105. The first kappa shape index (κ1) is 14.5. The molecule has 0 bridgehead atoms. The van der Waals surface area contributed by atoms with Gasteiger partial charge in [0.25, 0.3) is 0 Å². The molecule has 0 aliphatic heterocycles. The zero-order valence-corrected chi connectivity index (χ0v) is 12.2. The lowest BCUT2D eigenvalue weighted by molar-refractivity contribution is 0.629. The lowest BCUT2D eigenvalue weighted by Crippen LogP contribution is -2.14. The lowest BCUT2D eigenvalue weighted by atomic mass is 10.1. The number of aryl methyl sites for hydroxylation is 1.